The summed E-state index contributed by atoms with van der Waals surface area (Å²) in [5.41, 5.74) is 1.98. The molecule has 2 amide bonds. The highest BCUT2D eigenvalue weighted by atomic mass is 32.2. The van der Waals surface area contributed by atoms with E-state index in [0.717, 1.165) is 42.8 Å². The number of benzene rings is 1. The molecule has 9 nitrogen and oxygen atoms in total. The highest BCUT2D eigenvalue weighted by Crippen LogP contribution is 2.39. The third-order valence-corrected chi connectivity index (χ3v) is 10.7. The number of sulfonamides is 1. The van der Waals surface area contributed by atoms with Crippen LogP contribution in [0, 0.1) is 0 Å². The number of carbonyl (C=O) groups is 2. The number of amides is 2. The van der Waals surface area contributed by atoms with Gasteiger partial charge in [0, 0.05) is 55.8 Å². The molecule has 1 aromatic carbocycles. The monoisotopic (exact) mass is 604 g/mol. The third-order valence-electron chi connectivity index (χ3n) is 7.67. The zero-order valence-electron chi connectivity index (χ0n) is 25.1. The summed E-state index contributed by atoms with van der Waals surface area (Å²) in [5.74, 6) is -0.400. The zero-order valence-corrected chi connectivity index (χ0v) is 26.7. The molecule has 1 N–H and O–H groups in total. The van der Waals surface area contributed by atoms with Crippen LogP contribution in [0.4, 0.5) is 5.00 Å². The van der Waals surface area contributed by atoms with Crippen LogP contribution < -0.4 is 5.32 Å². The molecule has 1 fully saturated rings. The molecule has 41 heavy (non-hydrogen) atoms. The van der Waals surface area contributed by atoms with Crippen LogP contribution in [0.3, 0.4) is 0 Å². The molecule has 2 aliphatic heterocycles. The van der Waals surface area contributed by atoms with E-state index >= 15 is 0 Å². The average molecular weight is 605 g/mol. The summed E-state index contributed by atoms with van der Waals surface area (Å²) in [4.78, 5) is 32.8. The molecule has 1 saturated heterocycles. The highest BCUT2D eigenvalue weighted by Gasteiger charge is 2.33. The van der Waals surface area contributed by atoms with Crippen LogP contribution in [0.25, 0.3) is 0 Å². The molecule has 0 bridgehead atoms. The van der Waals surface area contributed by atoms with Crippen LogP contribution in [0.15, 0.2) is 29.2 Å². The Hall–Kier alpha value is -2.31. The summed E-state index contributed by atoms with van der Waals surface area (Å²) >= 11 is 1.48. The third kappa shape index (κ3) is 7.02. The SMILES string of the molecule is CCCN(CCC)C(=O)c1c(NC(=O)c2ccc(S(=O)(=O)N3CC(C)OC(C)C3)cc2)sc2c1CCN(C(C)C)C2. The van der Waals surface area contributed by atoms with E-state index in [1.54, 1.807) is 0 Å². The summed E-state index contributed by atoms with van der Waals surface area (Å²) in [5, 5.41) is 3.59. The molecule has 0 aliphatic carbocycles. The van der Waals surface area contributed by atoms with Crippen molar-refractivity contribution in [2.45, 2.75) is 90.5 Å². The Morgan fingerprint density at radius 2 is 1.68 bits per heavy atom. The van der Waals surface area contributed by atoms with Gasteiger partial charge in [-0.2, -0.15) is 4.31 Å². The van der Waals surface area contributed by atoms with Crippen LogP contribution >= 0.6 is 11.3 Å². The molecule has 4 rings (SSSR count). The fourth-order valence-electron chi connectivity index (χ4n) is 5.62. The maximum Gasteiger partial charge on any atom is 0.257 e. The number of fused-ring (bicyclic) bond motifs is 1. The maximum atomic E-state index is 13.9. The van der Waals surface area contributed by atoms with Crippen LogP contribution in [0.1, 0.15) is 85.5 Å². The molecular formula is C30H44N4O5S2. The van der Waals surface area contributed by atoms with E-state index in [9.17, 15) is 18.0 Å². The van der Waals surface area contributed by atoms with Crippen LogP contribution in [-0.2, 0) is 27.7 Å². The second kappa shape index (κ2) is 13.3. The van der Waals surface area contributed by atoms with Crippen molar-refractivity contribution in [3.8, 4) is 0 Å². The Kier molecular flexibility index (Phi) is 10.3. The number of nitrogens with zero attached hydrogens (tertiary/aromatic N) is 3. The first kappa shape index (κ1) is 31.6. The van der Waals surface area contributed by atoms with Gasteiger partial charge < -0.3 is 15.0 Å². The number of morpholine rings is 1. The Balaban J connectivity index is 1.60. The number of hydrogen-bond acceptors (Lipinski definition) is 7. The first-order valence-electron chi connectivity index (χ1n) is 14.7. The van der Waals surface area contributed by atoms with Gasteiger partial charge in [0.25, 0.3) is 11.8 Å². The minimum atomic E-state index is -3.71. The molecule has 0 spiro atoms. The second-order valence-electron chi connectivity index (χ2n) is 11.4. The summed E-state index contributed by atoms with van der Waals surface area (Å²) in [6, 6.07) is 6.41. The maximum absolute atomic E-state index is 13.9. The van der Waals surface area contributed by atoms with Crippen molar-refractivity contribution in [2.75, 3.05) is 38.0 Å². The van der Waals surface area contributed by atoms with Crippen molar-refractivity contribution in [1.29, 1.82) is 0 Å². The van der Waals surface area contributed by atoms with Gasteiger partial charge in [-0.1, -0.05) is 13.8 Å². The van der Waals surface area contributed by atoms with Crippen LogP contribution in [-0.4, -0.2) is 85.3 Å². The number of thiophene rings is 1. The number of nitrogens with one attached hydrogen (secondary N) is 1. The van der Waals surface area contributed by atoms with Gasteiger partial charge >= 0.3 is 0 Å². The van der Waals surface area contributed by atoms with E-state index in [0.29, 0.717) is 35.3 Å². The Bertz CT molecular complexity index is 1320. The molecular weight excluding hydrogens is 560 g/mol. The summed E-state index contributed by atoms with van der Waals surface area (Å²) < 4.78 is 33.6. The number of rotatable bonds is 10. The van der Waals surface area contributed by atoms with Crippen molar-refractivity contribution < 1.29 is 22.7 Å². The lowest BCUT2D eigenvalue weighted by atomic mass is 10.0. The summed E-state index contributed by atoms with van der Waals surface area (Å²) in [7, 11) is -3.71. The van der Waals surface area contributed by atoms with Crippen molar-refractivity contribution in [3.63, 3.8) is 0 Å². The van der Waals surface area contributed by atoms with Gasteiger partial charge in [-0.25, -0.2) is 8.42 Å². The van der Waals surface area contributed by atoms with Crippen LogP contribution in [0.5, 0.6) is 0 Å². The van der Waals surface area contributed by atoms with Gasteiger partial charge in [-0.15, -0.1) is 11.3 Å². The zero-order chi connectivity index (χ0) is 29.9. The molecule has 0 saturated carbocycles. The number of anilines is 1. The normalized spacial score (nSPS) is 20.2. The van der Waals surface area contributed by atoms with E-state index in [4.69, 9.17) is 4.74 Å². The lowest BCUT2D eigenvalue weighted by Gasteiger charge is -2.34. The molecule has 0 radical (unpaired) electrons. The Morgan fingerprint density at radius 1 is 1.07 bits per heavy atom. The van der Waals surface area contributed by atoms with Gasteiger partial charge in [0.05, 0.1) is 22.7 Å². The molecule has 11 heteroatoms. The average Bonchev–Trinajstić information content (AvgIpc) is 3.28. The number of ether oxygens (including phenoxy) is 1. The molecule has 226 valence electrons. The minimum Gasteiger partial charge on any atom is -0.373 e. The molecule has 2 aliphatic rings. The highest BCUT2D eigenvalue weighted by molar-refractivity contribution is 7.89. The van der Waals surface area contributed by atoms with E-state index in [2.05, 4.69) is 37.9 Å². The standard InChI is InChI=1S/C30H44N4O5S2/c1-7-14-32(15-8-2)30(36)27-25-13-16-33(20(3)4)19-26(25)40-29(27)31-28(35)23-9-11-24(12-10-23)41(37,38)34-17-21(5)39-22(6)18-34/h9-12,20-22H,7-8,13-19H2,1-6H3,(H,31,35). The van der Waals surface area contributed by atoms with E-state index in [1.165, 1.54) is 39.9 Å². The van der Waals surface area contributed by atoms with Gasteiger partial charge in [0.15, 0.2) is 0 Å². The molecule has 2 unspecified atom stereocenters. The fourth-order valence-corrected chi connectivity index (χ4v) is 8.47. The van der Waals surface area contributed by atoms with Crippen LogP contribution in [0.2, 0.25) is 0 Å². The van der Waals surface area contributed by atoms with E-state index in [-0.39, 0.29) is 42.0 Å². The smallest absolute Gasteiger partial charge is 0.257 e. The number of hydrogen-bond donors (Lipinski definition) is 1. The first-order chi connectivity index (χ1) is 19.5. The second-order valence-corrected chi connectivity index (χ2v) is 14.4. The summed E-state index contributed by atoms with van der Waals surface area (Å²) in [6.07, 6.45) is 2.10. The Morgan fingerprint density at radius 3 is 2.24 bits per heavy atom. The summed E-state index contributed by atoms with van der Waals surface area (Å²) in [6.45, 7) is 15.7. The van der Waals surface area contributed by atoms with E-state index < -0.39 is 10.0 Å². The predicted octanol–water partition coefficient (Wildman–Crippen LogP) is 4.83. The van der Waals surface area contributed by atoms with Crippen molar-refractivity contribution in [3.05, 3.63) is 45.8 Å². The fraction of sp³-hybridized carbons (Fsp3) is 0.600. The van der Waals surface area contributed by atoms with Gasteiger partial charge in [0.1, 0.15) is 5.00 Å². The van der Waals surface area contributed by atoms with Gasteiger partial charge in [-0.3, -0.25) is 14.5 Å². The molecule has 1 aromatic heterocycles. The van der Waals surface area contributed by atoms with Gasteiger partial charge in [0.2, 0.25) is 10.0 Å². The van der Waals surface area contributed by atoms with Crippen molar-refractivity contribution >= 4 is 38.2 Å². The molecule has 2 atom stereocenters. The minimum absolute atomic E-state index is 0.0325. The number of carbonyl (C=O) groups excluding carboxylic acids is 2. The van der Waals surface area contributed by atoms with Crippen molar-refractivity contribution in [1.82, 2.24) is 14.1 Å². The topological polar surface area (TPSA) is 99.3 Å². The molecule has 3 heterocycles. The largest absolute Gasteiger partial charge is 0.373 e. The lowest BCUT2D eigenvalue weighted by Crippen LogP contribution is -2.48. The van der Waals surface area contributed by atoms with Gasteiger partial charge in [-0.05, 0) is 76.8 Å². The molecule has 2 aromatic rings. The first-order valence-corrected chi connectivity index (χ1v) is 17.0. The lowest BCUT2D eigenvalue weighted by molar-refractivity contribution is -0.0440. The Labute approximate surface area is 248 Å². The predicted molar refractivity (Wildman–Crippen MR) is 163 cm³/mol. The quantitative estimate of drug-likeness (QED) is 0.417. The van der Waals surface area contributed by atoms with Crippen molar-refractivity contribution in [2.24, 2.45) is 0 Å². The van der Waals surface area contributed by atoms with E-state index in [1.807, 2.05) is 18.7 Å².